The van der Waals surface area contributed by atoms with E-state index in [2.05, 4.69) is 64.1 Å². The third-order valence-corrected chi connectivity index (χ3v) is 7.87. The summed E-state index contributed by atoms with van der Waals surface area (Å²) in [5.41, 5.74) is 8.61. The van der Waals surface area contributed by atoms with Gasteiger partial charge in [-0.05, 0) is 53.7 Å². The van der Waals surface area contributed by atoms with E-state index in [1.165, 1.54) is 33.7 Å². The third kappa shape index (κ3) is 4.95. The van der Waals surface area contributed by atoms with Crippen LogP contribution in [0.3, 0.4) is 0 Å². The van der Waals surface area contributed by atoms with Crippen molar-refractivity contribution < 1.29 is 10.0 Å². The number of hydrogen-bond acceptors (Lipinski definition) is 3. The van der Waals surface area contributed by atoms with Crippen molar-refractivity contribution >= 4 is 46.1 Å². The number of hydrogen-bond donors (Lipinski definition) is 3. The van der Waals surface area contributed by atoms with Crippen molar-refractivity contribution in [3.05, 3.63) is 98.9 Å². The van der Waals surface area contributed by atoms with Crippen molar-refractivity contribution in [1.82, 2.24) is 19.9 Å². The Hall–Kier alpha value is -3.03. The van der Waals surface area contributed by atoms with Crippen molar-refractivity contribution in [3.63, 3.8) is 0 Å². The molecule has 36 heavy (non-hydrogen) atoms. The van der Waals surface area contributed by atoms with Gasteiger partial charge in [0, 0.05) is 61.2 Å². The normalized spacial score (nSPS) is 15.3. The van der Waals surface area contributed by atoms with Gasteiger partial charge in [0.1, 0.15) is 0 Å². The number of halogens is 2. The van der Waals surface area contributed by atoms with Gasteiger partial charge in [0.2, 0.25) is 0 Å². The number of hydroxylamine groups is 1. The third-order valence-electron chi connectivity index (χ3n) is 7.05. The predicted molar refractivity (Wildman–Crippen MR) is 144 cm³/mol. The first kappa shape index (κ1) is 24.7. The van der Waals surface area contributed by atoms with Gasteiger partial charge in [-0.1, -0.05) is 59.6 Å². The van der Waals surface area contributed by atoms with Gasteiger partial charge in [0.05, 0.1) is 10.0 Å². The molecular weight excluding hydrogens is 495 g/mol. The van der Waals surface area contributed by atoms with Crippen LogP contribution in [0.1, 0.15) is 40.4 Å². The van der Waals surface area contributed by atoms with Gasteiger partial charge >= 0.3 is 0 Å². The minimum Gasteiger partial charge on any atom is -0.361 e. The molecule has 1 atom stereocenters. The van der Waals surface area contributed by atoms with Gasteiger partial charge in [-0.15, -0.1) is 0 Å². The zero-order valence-electron chi connectivity index (χ0n) is 20.0. The van der Waals surface area contributed by atoms with E-state index < -0.39 is 5.91 Å². The lowest BCUT2D eigenvalue weighted by atomic mass is 10.0. The van der Waals surface area contributed by atoms with E-state index in [0.717, 1.165) is 37.1 Å². The topological polar surface area (TPSA) is 73.3 Å². The molecule has 2 aromatic heterocycles. The van der Waals surface area contributed by atoms with Crippen molar-refractivity contribution in [2.75, 3.05) is 6.54 Å². The number of benzene rings is 2. The number of H-pyrrole nitrogens is 1. The molecule has 1 aliphatic carbocycles. The molecule has 0 saturated heterocycles. The van der Waals surface area contributed by atoms with Gasteiger partial charge in [-0.25, -0.2) is 5.48 Å². The Morgan fingerprint density at radius 1 is 1.28 bits per heavy atom. The minimum atomic E-state index is -0.547. The molecule has 0 spiro atoms. The number of carbonyl (C=O) groups excluding carboxylic acids is 1. The van der Waals surface area contributed by atoms with Crippen LogP contribution in [0.25, 0.3) is 17.0 Å². The highest BCUT2D eigenvalue weighted by molar-refractivity contribution is 6.42. The number of aromatic amines is 1. The molecule has 0 radical (unpaired) electrons. The van der Waals surface area contributed by atoms with Crippen molar-refractivity contribution in [1.29, 1.82) is 0 Å². The van der Waals surface area contributed by atoms with Crippen molar-refractivity contribution in [2.45, 2.75) is 31.8 Å². The lowest BCUT2D eigenvalue weighted by Gasteiger charge is -2.29. The van der Waals surface area contributed by atoms with E-state index in [-0.39, 0.29) is 6.04 Å². The van der Waals surface area contributed by atoms with Crippen molar-refractivity contribution in [2.24, 2.45) is 7.05 Å². The highest BCUT2D eigenvalue weighted by atomic mass is 35.5. The molecule has 2 aromatic carbocycles. The summed E-state index contributed by atoms with van der Waals surface area (Å²) in [5, 5.41) is 11.1. The Morgan fingerprint density at radius 2 is 2.11 bits per heavy atom. The highest BCUT2D eigenvalue weighted by Gasteiger charge is 2.29. The maximum absolute atomic E-state index is 11.4. The van der Waals surface area contributed by atoms with Gasteiger partial charge in [0.25, 0.3) is 5.91 Å². The largest absolute Gasteiger partial charge is 0.361 e. The predicted octanol–water partition coefficient (Wildman–Crippen LogP) is 6.06. The first-order chi connectivity index (χ1) is 17.4. The van der Waals surface area contributed by atoms with Crippen LogP contribution in [0.4, 0.5) is 0 Å². The maximum atomic E-state index is 11.4. The van der Waals surface area contributed by atoms with Crippen LogP contribution >= 0.6 is 23.2 Å². The number of amides is 1. The summed E-state index contributed by atoms with van der Waals surface area (Å²) in [7, 11) is 2.09. The maximum Gasteiger partial charge on any atom is 0.267 e. The Balaban J connectivity index is 1.42. The summed E-state index contributed by atoms with van der Waals surface area (Å²) in [5.74, 6) is -0.547. The second-order valence-electron chi connectivity index (χ2n) is 9.25. The number of fused-ring (bicyclic) bond motifs is 2. The summed E-state index contributed by atoms with van der Waals surface area (Å²) in [6.45, 7) is 1.53. The smallest absolute Gasteiger partial charge is 0.267 e. The van der Waals surface area contributed by atoms with Gasteiger partial charge in [-0.2, -0.15) is 0 Å². The van der Waals surface area contributed by atoms with Crippen molar-refractivity contribution in [3.8, 4) is 0 Å². The molecule has 2 heterocycles. The zero-order valence-corrected chi connectivity index (χ0v) is 21.5. The monoisotopic (exact) mass is 522 g/mol. The first-order valence-electron chi connectivity index (χ1n) is 12.0. The summed E-state index contributed by atoms with van der Waals surface area (Å²) in [6, 6.07) is 15.0. The molecule has 3 N–H and O–H groups in total. The Morgan fingerprint density at radius 3 is 2.89 bits per heavy atom. The highest BCUT2D eigenvalue weighted by Crippen LogP contribution is 2.38. The molecular formula is C28H28Cl2N4O2. The average Bonchev–Trinajstić information content (AvgIpc) is 3.56. The van der Waals surface area contributed by atoms with Crippen LogP contribution < -0.4 is 5.48 Å². The number of nitrogens with zero attached hydrogens (tertiary/aromatic N) is 2. The number of nitrogens with one attached hydrogen (secondary N) is 2. The lowest BCUT2D eigenvalue weighted by Crippen LogP contribution is -2.29. The number of para-hydroxylation sites is 1. The first-order valence-corrected chi connectivity index (χ1v) is 12.7. The average molecular weight is 523 g/mol. The molecule has 1 amide bonds. The number of aromatic nitrogens is 2. The van der Waals surface area contributed by atoms with Crippen LogP contribution in [-0.2, 0) is 31.2 Å². The molecule has 5 rings (SSSR count). The van der Waals surface area contributed by atoms with Crippen LogP contribution in [0, 0.1) is 0 Å². The minimum absolute atomic E-state index is 0.242. The Kier molecular flexibility index (Phi) is 7.21. The van der Waals surface area contributed by atoms with E-state index in [4.69, 9.17) is 28.4 Å². The summed E-state index contributed by atoms with van der Waals surface area (Å²) in [4.78, 5) is 17.1. The van der Waals surface area contributed by atoms with E-state index in [1.54, 1.807) is 17.8 Å². The quantitative estimate of drug-likeness (QED) is 0.149. The summed E-state index contributed by atoms with van der Waals surface area (Å²) in [6.07, 6.45) is 9.87. The van der Waals surface area contributed by atoms with E-state index in [0.29, 0.717) is 16.6 Å². The molecule has 0 aliphatic heterocycles. The number of carbonyl (C=O) groups is 1. The molecule has 6 nitrogen and oxygen atoms in total. The summed E-state index contributed by atoms with van der Waals surface area (Å²) >= 11 is 12.7. The number of aryl methyl sites for hydroxylation is 2. The fourth-order valence-corrected chi connectivity index (χ4v) is 5.62. The molecule has 0 bridgehead atoms. The second kappa shape index (κ2) is 10.5. The molecule has 8 heteroatoms. The van der Waals surface area contributed by atoms with Gasteiger partial charge < -0.3 is 9.55 Å². The fourth-order valence-electron chi connectivity index (χ4n) is 5.28. The lowest BCUT2D eigenvalue weighted by molar-refractivity contribution is -0.124. The van der Waals surface area contributed by atoms with Crippen LogP contribution in [0.2, 0.25) is 10.0 Å². The molecule has 186 valence electrons. The molecule has 0 saturated carbocycles. The summed E-state index contributed by atoms with van der Waals surface area (Å²) < 4.78 is 2.19. The van der Waals surface area contributed by atoms with Crippen LogP contribution in [0.5, 0.6) is 0 Å². The standard InChI is InChI=1S/C28H28Cl2N4O2/c1-33-16-20(21-4-2-3-5-25(21)33)12-13-34(17-24-28(30)23(29)15-31-24)26-10-8-19-14-18(6-9-22(19)26)7-11-27(35)32-36/h2-7,9,11,14-16,26,31,36H,8,10,12-13,17H2,1H3,(H,32,35)/b11-7+. The van der Waals surface area contributed by atoms with Gasteiger partial charge in [0.15, 0.2) is 0 Å². The fraction of sp³-hybridized carbons (Fsp3) is 0.250. The zero-order chi connectivity index (χ0) is 25.2. The van der Waals surface area contributed by atoms with Gasteiger partial charge in [-0.3, -0.25) is 14.9 Å². The second-order valence-corrected chi connectivity index (χ2v) is 10.0. The van der Waals surface area contributed by atoms with E-state index in [9.17, 15) is 4.79 Å². The molecule has 1 unspecified atom stereocenters. The van der Waals surface area contributed by atoms with E-state index in [1.807, 2.05) is 6.07 Å². The molecule has 1 aliphatic rings. The van der Waals surface area contributed by atoms with E-state index >= 15 is 0 Å². The molecule has 0 fully saturated rings. The Labute approximate surface area is 220 Å². The molecule has 4 aromatic rings. The SMILES string of the molecule is Cn1cc(CCN(Cc2[nH]cc(Cl)c2Cl)C2CCc3cc(/C=C/C(=O)NO)ccc32)c2ccccc21. The Bertz CT molecular complexity index is 1440. The van der Waals surface area contributed by atoms with Crippen LogP contribution in [-0.4, -0.2) is 32.1 Å². The number of rotatable bonds is 8. The van der Waals surface area contributed by atoms with Crippen LogP contribution in [0.15, 0.2) is 60.9 Å².